The summed E-state index contributed by atoms with van der Waals surface area (Å²) < 4.78 is 0. The summed E-state index contributed by atoms with van der Waals surface area (Å²) in [6.07, 6.45) is 0. The minimum atomic E-state index is -0.558. The molecule has 0 aliphatic rings. The first-order valence-corrected chi connectivity index (χ1v) is 5.92. The van der Waals surface area contributed by atoms with Crippen LogP contribution in [0.5, 0.6) is 0 Å². The Morgan fingerprint density at radius 3 is 2.72 bits per heavy atom. The molecule has 0 radical (unpaired) electrons. The predicted octanol–water partition coefficient (Wildman–Crippen LogP) is 0.515. The highest BCUT2D eigenvalue weighted by molar-refractivity contribution is 5.91. The smallest absolute Gasteiger partial charge is 0.267 e. The maximum absolute atomic E-state index is 11.0. The van der Waals surface area contributed by atoms with Gasteiger partial charge in [-0.25, -0.2) is 4.98 Å². The van der Waals surface area contributed by atoms with E-state index < -0.39 is 5.91 Å². The maximum Gasteiger partial charge on any atom is 0.267 e. The van der Waals surface area contributed by atoms with Gasteiger partial charge in [-0.15, -0.1) is 0 Å². The number of hydrogen-bond donors (Lipinski definition) is 3. The molecule has 1 aromatic heterocycles. The van der Waals surface area contributed by atoms with Gasteiger partial charge in [0.25, 0.3) is 5.91 Å². The molecule has 0 saturated carbocycles. The van der Waals surface area contributed by atoms with Crippen LogP contribution in [0.3, 0.4) is 0 Å². The average Bonchev–Trinajstić information content (AvgIpc) is 2.30. The molecule has 1 amide bonds. The first kappa shape index (κ1) is 14.2. The van der Waals surface area contributed by atoms with Crippen LogP contribution >= 0.6 is 0 Å². The normalized spacial score (nSPS) is 10.9. The summed E-state index contributed by atoms with van der Waals surface area (Å²) in [6.45, 7) is 5.81. The summed E-state index contributed by atoms with van der Waals surface area (Å²) in [7, 11) is 2.04. The zero-order chi connectivity index (χ0) is 13.7. The molecule has 18 heavy (non-hydrogen) atoms. The number of primary amides is 1. The topological polar surface area (TPSA) is 97.3 Å². The highest BCUT2D eigenvalue weighted by atomic mass is 16.1. The number of nitrogens with two attached hydrogens (primary N) is 2. The fraction of sp³-hybridized carbons (Fsp3) is 0.500. The number of anilines is 2. The molecular formula is C12H21N5O. The number of pyridine rings is 1. The molecule has 0 saturated heterocycles. The number of aromatic nitrogens is 1. The Balaban J connectivity index is 2.61. The first-order valence-electron chi connectivity index (χ1n) is 5.92. The summed E-state index contributed by atoms with van der Waals surface area (Å²) in [4.78, 5) is 17.3. The van der Waals surface area contributed by atoms with Gasteiger partial charge in [-0.2, -0.15) is 0 Å². The van der Waals surface area contributed by atoms with Gasteiger partial charge >= 0.3 is 0 Å². The summed E-state index contributed by atoms with van der Waals surface area (Å²) in [5, 5.41) is 3.11. The minimum Gasteiger partial charge on any atom is -0.396 e. The maximum atomic E-state index is 11.0. The predicted molar refractivity (Wildman–Crippen MR) is 73.4 cm³/mol. The van der Waals surface area contributed by atoms with Crippen LogP contribution in [0.2, 0.25) is 0 Å². The van der Waals surface area contributed by atoms with Gasteiger partial charge in [0.05, 0.1) is 5.69 Å². The first-order chi connectivity index (χ1) is 8.41. The molecule has 1 aromatic rings. The Bertz CT molecular complexity index is 419. The number of rotatable bonds is 6. The number of nitrogens with one attached hydrogen (secondary N) is 1. The SMILES string of the molecule is CC(C)N(C)CCNc1nc(C(N)=O)ccc1N. The van der Waals surface area contributed by atoms with Crippen molar-refractivity contribution < 1.29 is 4.79 Å². The van der Waals surface area contributed by atoms with Crippen LogP contribution in [0, 0.1) is 0 Å². The van der Waals surface area contributed by atoms with Crippen molar-refractivity contribution in [2.24, 2.45) is 5.73 Å². The third-order valence-electron chi connectivity index (χ3n) is 2.82. The van der Waals surface area contributed by atoms with Gasteiger partial charge in [0, 0.05) is 19.1 Å². The molecule has 0 unspecified atom stereocenters. The number of likely N-dealkylation sites (N-methyl/N-ethyl adjacent to an activating group) is 1. The van der Waals surface area contributed by atoms with E-state index in [0.717, 1.165) is 6.54 Å². The standard InChI is InChI=1S/C12H21N5O/c1-8(2)17(3)7-6-15-12-9(13)4-5-10(16-12)11(14)18/h4-5,8H,6-7,13H2,1-3H3,(H2,14,18)(H,15,16). The van der Waals surface area contributed by atoms with Gasteiger partial charge < -0.3 is 21.7 Å². The van der Waals surface area contributed by atoms with Crippen LogP contribution in [0.15, 0.2) is 12.1 Å². The molecule has 0 atom stereocenters. The number of carbonyl (C=O) groups is 1. The molecule has 0 aliphatic carbocycles. The van der Waals surface area contributed by atoms with E-state index in [1.165, 1.54) is 6.07 Å². The molecule has 0 fully saturated rings. The molecule has 5 N–H and O–H groups in total. The van der Waals surface area contributed by atoms with E-state index in [-0.39, 0.29) is 5.69 Å². The second-order valence-electron chi connectivity index (χ2n) is 4.50. The Morgan fingerprint density at radius 2 is 2.17 bits per heavy atom. The molecule has 100 valence electrons. The number of nitrogens with zero attached hydrogens (tertiary/aromatic N) is 2. The van der Waals surface area contributed by atoms with E-state index >= 15 is 0 Å². The van der Waals surface area contributed by atoms with Crippen LogP contribution < -0.4 is 16.8 Å². The van der Waals surface area contributed by atoms with Crippen molar-refractivity contribution in [3.05, 3.63) is 17.8 Å². The third-order valence-corrected chi connectivity index (χ3v) is 2.82. The Kier molecular flexibility index (Phi) is 4.91. The van der Waals surface area contributed by atoms with Gasteiger partial charge in [0.1, 0.15) is 11.5 Å². The minimum absolute atomic E-state index is 0.212. The van der Waals surface area contributed by atoms with E-state index in [1.807, 2.05) is 7.05 Å². The fourth-order valence-electron chi connectivity index (χ4n) is 1.36. The molecule has 6 heteroatoms. The monoisotopic (exact) mass is 251 g/mol. The number of carbonyl (C=O) groups excluding carboxylic acids is 1. The summed E-state index contributed by atoms with van der Waals surface area (Å²) >= 11 is 0. The lowest BCUT2D eigenvalue weighted by molar-refractivity contribution is 0.0996. The summed E-state index contributed by atoms with van der Waals surface area (Å²) in [5.74, 6) is -0.0548. The molecule has 1 rings (SSSR count). The molecule has 0 bridgehead atoms. The molecule has 0 aromatic carbocycles. The molecule has 6 nitrogen and oxygen atoms in total. The van der Waals surface area contributed by atoms with Crippen molar-refractivity contribution in [2.75, 3.05) is 31.2 Å². The van der Waals surface area contributed by atoms with E-state index in [9.17, 15) is 4.79 Å². The van der Waals surface area contributed by atoms with Crippen molar-refractivity contribution in [3.8, 4) is 0 Å². The Hall–Kier alpha value is -1.82. The van der Waals surface area contributed by atoms with Crippen LogP contribution in [0.1, 0.15) is 24.3 Å². The van der Waals surface area contributed by atoms with E-state index in [2.05, 4.69) is 29.0 Å². The molecule has 0 spiro atoms. The number of amides is 1. The third kappa shape index (κ3) is 3.89. The van der Waals surface area contributed by atoms with Gasteiger partial charge in [-0.1, -0.05) is 0 Å². The van der Waals surface area contributed by atoms with Crippen LogP contribution in [0.4, 0.5) is 11.5 Å². The fourth-order valence-corrected chi connectivity index (χ4v) is 1.36. The van der Waals surface area contributed by atoms with Crippen LogP contribution in [-0.4, -0.2) is 42.0 Å². The molecule has 0 aliphatic heterocycles. The zero-order valence-electron chi connectivity index (χ0n) is 11.1. The summed E-state index contributed by atoms with van der Waals surface area (Å²) in [5.41, 5.74) is 11.7. The lowest BCUT2D eigenvalue weighted by Crippen LogP contribution is -2.31. The average molecular weight is 251 g/mol. The number of hydrogen-bond acceptors (Lipinski definition) is 5. The van der Waals surface area contributed by atoms with Crippen molar-refractivity contribution in [1.29, 1.82) is 0 Å². The Morgan fingerprint density at radius 1 is 1.50 bits per heavy atom. The van der Waals surface area contributed by atoms with E-state index in [4.69, 9.17) is 11.5 Å². The van der Waals surface area contributed by atoms with Crippen LogP contribution in [0.25, 0.3) is 0 Å². The Labute approximate surface area is 107 Å². The summed E-state index contributed by atoms with van der Waals surface area (Å²) in [6, 6.07) is 3.62. The second kappa shape index (κ2) is 6.20. The zero-order valence-corrected chi connectivity index (χ0v) is 11.1. The highest BCUT2D eigenvalue weighted by Crippen LogP contribution is 2.15. The lowest BCUT2D eigenvalue weighted by Gasteiger charge is -2.21. The van der Waals surface area contributed by atoms with Gasteiger partial charge in [-0.05, 0) is 33.0 Å². The lowest BCUT2D eigenvalue weighted by atomic mass is 10.3. The molecule has 1 heterocycles. The van der Waals surface area contributed by atoms with E-state index in [0.29, 0.717) is 24.1 Å². The quantitative estimate of drug-likeness (QED) is 0.684. The number of nitrogen functional groups attached to an aromatic ring is 1. The highest BCUT2D eigenvalue weighted by Gasteiger charge is 2.07. The van der Waals surface area contributed by atoms with Gasteiger partial charge in [0.15, 0.2) is 0 Å². The van der Waals surface area contributed by atoms with Crippen molar-refractivity contribution in [3.63, 3.8) is 0 Å². The molecular weight excluding hydrogens is 230 g/mol. The van der Waals surface area contributed by atoms with Crippen molar-refractivity contribution in [2.45, 2.75) is 19.9 Å². The van der Waals surface area contributed by atoms with Crippen molar-refractivity contribution in [1.82, 2.24) is 9.88 Å². The largest absolute Gasteiger partial charge is 0.396 e. The second-order valence-corrected chi connectivity index (χ2v) is 4.50. The van der Waals surface area contributed by atoms with Crippen LogP contribution in [-0.2, 0) is 0 Å². The van der Waals surface area contributed by atoms with Crippen molar-refractivity contribution >= 4 is 17.4 Å². The van der Waals surface area contributed by atoms with E-state index in [1.54, 1.807) is 6.07 Å². The van der Waals surface area contributed by atoms with Gasteiger partial charge in [-0.3, -0.25) is 4.79 Å². The van der Waals surface area contributed by atoms with Gasteiger partial charge in [0.2, 0.25) is 0 Å².